The SMILES string of the molecule is CCC1CN(C(CC)C(=O)ON2C(=O)c3ccccc3C2=O)CCO1. The first-order valence-electron chi connectivity index (χ1n) is 8.62. The number of imide groups is 1. The van der Waals surface area contributed by atoms with Gasteiger partial charge < -0.3 is 9.57 Å². The van der Waals surface area contributed by atoms with Crippen LogP contribution in [0.1, 0.15) is 47.4 Å². The van der Waals surface area contributed by atoms with Gasteiger partial charge in [-0.2, -0.15) is 0 Å². The van der Waals surface area contributed by atoms with E-state index in [2.05, 4.69) is 0 Å². The zero-order valence-corrected chi connectivity index (χ0v) is 14.4. The third-order valence-corrected chi connectivity index (χ3v) is 4.66. The number of carbonyl (C=O) groups excluding carboxylic acids is 3. The quantitative estimate of drug-likeness (QED) is 0.754. The van der Waals surface area contributed by atoms with Gasteiger partial charge in [-0.3, -0.25) is 14.5 Å². The molecule has 1 aromatic carbocycles. The molecule has 0 bridgehead atoms. The van der Waals surface area contributed by atoms with Crippen molar-refractivity contribution in [3.63, 3.8) is 0 Å². The maximum atomic E-state index is 12.6. The predicted molar refractivity (Wildman–Crippen MR) is 88.7 cm³/mol. The molecule has 25 heavy (non-hydrogen) atoms. The summed E-state index contributed by atoms with van der Waals surface area (Å²) in [5, 5.41) is 0.577. The Bertz CT molecular complexity index is 655. The molecule has 0 saturated carbocycles. The van der Waals surface area contributed by atoms with Crippen molar-refractivity contribution in [2.75, 3.05) is 19.7 Å². The Balaban J connectivity index is 1.71. The van der Waals surface area contributed by atoms with Gasteiger partial charge in [0.05, 0.1) is 23.8 Å². The summed E-state index contributed by atoms with van der Waals surface area (Å²) < 4.78 is 5.63. The lowest BCUT2D eigenvalue weighted by Crippen LogP contribution is -2.52. The van der Waals surface area contributed by atoms with Gasteiger partial charge in [0.2, 0.25) is 0 Å². The molecule has 7 nitrogen and oxygen atoms in total. The second-order valence-electron chi connectivity index (χ2n) is 6.18. The highest BCUT2D eigenvalue weighted by atomic mass is 16.7. The lowest BCUT2D eigenvalue weighted by Gasteiger charge is -2.36. The fourth-order valence-electron chi connectivity index (χ4n) is 3.25. The van der Waals surface area contributed by atoms with E-state index in [-0.39, 0.29) is 17.2 Å². The van der Waals surface area contributed by atoms with E-state index < -0.39 is 23.8 Å². The van der Waals surface area contributed by atoms with Gasteiger partial charge in [0, 0.05) is 13.1 Å². The average Bonchev–Trinajstić information content (AvgIpc) is 2.88. The Morgan fingerprint density at radius 2 is 1.88 bits per heavy atom. The maximum absolute atomic E-state index is 12.6. The average molecular weight is 346 g/mol. The minimum absolute atomic E-state index is 0.0786. The summed E-state index contributed by atoms with van der Waals surface area (Å²) in [6.45, 7) is 5.71. The van der Waals surface area contributed by atoms with Crippen molar-refractivity contribution in [1.29, 1.82) is 0 Å². The number of amides is 2. The van der Waals surface area contributed by atoms with Crippen LogP contribution in [0.25, 0.3) is 0 Å². The molecule has 1 aromatic rings. The molecule has 0 N–H and O–H groups in total. The van der Waals surface area contributed by atoms with E-state index in [4.69, 9.17) is 9.57 Å². The van der Waals surface area contributed by atoms with E-state index in [9.17, 15) is 14.4 Å². The van der Waals surface area contributed by atoms with E-state index in [0.717, 1.165) is 6.42 Å². The van der Waals surface area contributed by atoms with Gasteiger partial charge in [0.1, 0.15) is 6.04 Å². The third kappa shape index (κ3) is 3.29. The molecule has 2 heterocycles. The van der Waals surface area contributed by atoms with Crippen LogP contribution in [-0.4, -0.2) is 59.6 Å². The molecule has 0 aliphatic carbocycles. The standard InChI is InChI=1S/C18H22N2O5/c1-3-12-11-19(9-10-24-12)15(4-2)18(23)25-20-16(21)13-7-5-6-8-14(13)17(20)22/h5-8,12,15H,3-4,9-11H2,1-2H3. The summed E-state index contributed by atoms with van der Waals surface area (Å²) in [5.74, 6) is -1.79. The van der Waals surface area contributed by atoms with E-state index >= 15 is 0 Å². The van der Waals surface area contributed by atoms with Crippen molar-refractivity contribution in [3.05, 3.63) is 35.4 Å². The van der Waals surface area contributed by atoms with Crippen LogP contribution in [0.3, 0.4) is 0 Å². The van der Waals surface area contributed by atoms with Crippen LogP contribution in [0, 0.1) is 0 Å². The highest BCUT2D eigenvalue weighted by Gasteiger charge is 2.40. The van der Waals surface area contributed by atoms with Gasteiger partial charge in [-0.05, 0) is 25.0 Å². The topological polar surface area (TPSA) is 76.2 Å². The van der Waals surface area contributed by atoms with E-state index in [1.54, 1.807) is 24.3 Å². The minimum Gasteiger partial charge on any atom is -0.376 e. The number of morpholine rings is 1. The number of ether oxygens (including phenoxy) is 1. The van der Waals surface area contributed by atoms with Crippen molar-refractivity contribution in [3.8, 4) is 0 Å². The van der Waals surface area contributed by atoms with E-state index in [0.29, 0.717) is 31.2 Å². The van der Waals surface area contributed by atoms with Crippen molar-refractivity contribution in [2.45, 2.75) is 38.8 Å². The van der Waals surface area contributed by atoms with E-state index in [1.165, 1.54) is 0 Å². The molecule has 1 fully saturated rings. The van der Waals surface area contributed by atoms with Crippen molar-refractivity contribution in [2.24, 2.45) is 0 Å². The fourth-order valence-corrected chi connectivity index (χ4v) is 3.25. The number of hydroxylamine groups is 2. The third-order valence-electron chi connectivity index (χ3n) is 4.66. The molecule has 0 spiro atoms. The lowest BCUT2D eigenvalue weighted by molar-refractivity contribution is -0.177. The number of nitrogens with zero attached hydrogens (tertiary/aromatic N) is 2. The van der Waals surface area contributed by atoms with Crippen LogP contribution in [0.15, 0.2) is 24.3 Å². The Hall–Kier alpha value is -2.25. The minimum atomic E-state index is -0.600. The molecule has 3 rings (SSSR count). The summed E-state index contributed by atoms with van der Waals surface area (Å²) >= 11 is 0. The second kappa shape index (κ2) is 7.33. The van der Waals surface area contributed by atoms with Crippen LogP contribution < -0.4 is 0 Å². The summed E-state index contributed by atoms with van der Waals surface area (Å²) in [6.07, 6.45) is 1.47. The Morgan fingerprint density at radius 3 is 2.44 bits per heavy atom. The van der Waals surface area contributed by atoms with Crippen LogP contribution in [0.4, 0.5) is 0 Å². The molecule has 2 aliphatic heterocycles. The smallest absolute Gasteiger partial charge is 0.350 e. The zero-order chi connectivity index (χ0) is 18.0. The van der Waals surface area contributed by atoms with Gasteiger partial charge in [0.25, 0.3) is 11.8 Å². The van der Waals surface area contributed by atoms with Crippen LogP contribution >= 0.6 is 0 Å². The van der Waals surface area contributed by atoms with Crippen LogP contribution in [-0.2, 0) is 14.4 Å². The number of carbonyl (C=O) groups is 3. The summed E-state index contributed by atoms with van der Waals surface area (Å²) in [5.41, 5.74) is 0.511. The van der Waals surface area contributed by atoms with Crippen molar-refractivity contribution >= 4 is 17.8 Å². The number of rotatable bonds is 5. The van der Waals surface area contributed by atoms with Crippen LogP contribution in [0.5, 0.6) is 0 Å². The summed E-state index contributed by atoms with van der Waals surface area (Å²) in [6, 6.07) is 5.93. The zero-order valence-electron chi connectivity index (χ0n) is 14.4. The van der Waals surface area contributed by atoms with Gasteiger partial charge in [0.15, 0.2) is 0 Å². The van der Waals surface area contributed by atoms with Crippen LogP contribution in [0.2, 0.25) is 0 Å². The molecular weight excluding hydrogens is 324 g/mol. The number of hydrogen-bond donors (Lipinski definition) is 0. The maximum Gasteiger partial charge on any atom is 0.350 e. The highest BCUT2D eigenvalue weighted by molar-refractivity contribution is 6.20. The first kappa shape index (κ1) is 17.6. The van der Waals surface area contributed by atoms with Gasteiger partial charge in [-0.25, -0.2) is 4.79 Å². The number of benzene rings is 1. The van der Waals surface area contributed by atoms with Crippen molar-refractivity contribution in [1.82, 2.24) is 9.96 Å². The Labute approximate surface area is 146 Å². The van der Waals surface area contributed by atoms with Gasteiger partial charge >= 0.3 is 5.97 Å². The fraction of sp³-hybridized carbons (Fsp3) is 0.500. The number of hydrogen-bond acceptors (Lipinski definition) is 6. The normalized spacial score (nSPS) is 22.0. The molecular formula is C18H22N2O5. The largest absolute Gasteiger partial charge is 0.376 e. The molecule has 0 aromatic heterocycles. The second-order valence-corrected chi connectivity index (χ2v) is 6.18. The Kier molecular flexibility index (Phi) is 5.15. The first-order chi connectivity index (χ1) is 12.1. The molecule has 0 radical (unpaired) electrons. The summed E-state index contributed by atoms with van der Waals surface area (Å²) in [4.78, 5) is 44.5. The molecule has 7 heteroatoms. The lowest BCUT2D eigenvalue weighted by atomic mass is 10.1. The molecule has 134 valence electrons. The monoisotopic (exact) mass is 346 g/mol. The molecule has 2 aliphatic rings. The van der Waals surface area contributed by atoms with E-state index in [1.807, 2.05) is 18.7 Å². The highest BCUT2D eigenvalue weighted by Crippen LogP contribution is 2.24. The first-order valence-corrected chi connectivity index (χ1v) is 8.62. The van der Waals surface area contributed by atoms with Gasteiger partial charge in [-0.15, -0.1) is 0 Å². The molecule has 2 amide bonds. The molecule has 2 unspecified atom stereocenters. The molecule has 1 saturated heterocycles. The van der Waals surface area contributed by atoms with Crippen molar-refractivity contribution < 1.29 is 24.0 Å². The predicted octanol–water partition coefficient (Wildman–Crippen LogP) is 1.63. The molecule has 2 atom stereocenters. The summed E-state index contributed by atoms with van der Waals surface area (Å²) in [7, 11) is 0. The number of fused-ring (bicyclic) bond motifs is 1. The van der Waals surface area contributed by atoms with Gasteiger partial charge in [-0.1, -0.05) is 31.0 Å². The Morgan fingerprint density at radius 1 is 1.24 bits per heavy atom.